The maximum atomic E-state index is 12.4. The first-order valence-electron chi connectivity index (χ1n) is 9.09. The van der Waals surface area contributed by atoms with Crippen LogP contribution in [0.5, 0.6) is 0 Å². The first-order valence-corrected chi connectivity index (χ1v) is 9.09. The van der Waals surface area contributed by atoms with Gasteiger partial charge in [0, 0.05) is 36.9 Å². The van der Waals surface area contributed by atoms with Crippen LogP contribution in [-0.2, 0) is 4.74 Å². The van der Waals surface area contributed by atoms with E-state index in [2.05, 4.69) is 24.5 Å². The molecule has 2 atom stereocenters. The molecule has 0 aromatic carbocycles. The fraction of sp³-hybridized carbons (Fsp3) is 0.556. The van der Waals surface area contributed by atoms with Gasteiger partial charge >= 0.3 is 11.8 Å². The molecule has 0 radical (unpaired) electrons. The number of nitrogens with zero attached hydrogens (tertiary/aromatic N) is 4. The summed E-state index contributed by atoms with van der Waals surface area (Å²) >= 11 is 0. The molecule has 2 aromatic heterocycles. The Morgan fingerprint density at radius 2 is 1.96 bits per heavy atom. The first-order chi connectivity index (χ1) is 12.8. The minimum atomic E-state index is -0.592. The number of aromatic nitrogens is 3. The molecular weight excluding hydrogens is 350 g/mol. The number of piperazine rings is 1. The summed E-state index contributed by atoms with van der Waals surface area (Å²) in [4.78, 5) is 34.6. The molecule has 2 unspecified atom stereocenters. The normalized spacial score (nSPS) is 22.2. The van der Waals surface area contributed by atoms with Gasteiger partial charge in [-0.15, -0.1) is 0 Å². The van der Waals surface area contributed by atoms with Gasteiger partial charge in [0.25, 0.3) is 0 Å². The summed E-state index contributed by atoms with van der Waals surface area (Å²) in [5.41, 5.74) is 0.191. The molecular formula is C18H23N5O4. The van der Waals surface area contributed by atoms with Crippen LogP contribution < -0.4 is 10.7 Å². The molecule has 144 valence electrons. The van der Waals surface area contributed by atoms with E-state index in [1.54, 1.807) is 11.1 Å². The van der Waals surface area contributed by atoms with E-state index in [0.717, 1.165) is 18.7 Å². The van der Waals surface area contributed by atoms with Gasteiger partial charge in [-0.2, -0.15) is 0 Å². The van der Waals surface area contributed by atoms with E-state index in [1.165, 1.54) is 0 Å². The zero-order chi connectivity index (χ0) is 19.2. The number of carbonyl (C=O) groups is 1. The molecule has 0 saturated carbocycles. The van der Waals surface area contributed by atoms with Crippen LogP contribution in [0, 0.1) is 0 Å². The lowest BCUT2D eigenvalue weighted by Crippen LogP contribution is -2.56. The van der Waals surface area contributed by atoms with Crippen molar-refractivity contribution >= 4 is 11.9 Å². The van der Waals surface area contributed by atoms with Gasteiger partial charge in [-0.3, -0.25) is 9.51 Å². The van der Waals surface area contributed by atoms with Crippen LogP contribution in [-0.4, -0.2) is 56.9 Å². The van der Waals surface area contributed by atoms with Crippen molar-refractivity contribution in [3.05, 3.63) is 28.9 Å². The number of fused-ring (bicyclic) bond motifs is 2. The fourth-order valence-electron chi connectivity index (χ4n) is 3.79. The number of H-pyrrole nitrogens is 1. The van der Waals surface area contributed by atoms with Gasteiger partial charge in [0.15, 0.2) is 5.82 Å². The number of ether oxygens (including phenoxy) is 1. The molecule has 0 aliphatic carbocycles. The number of nitrogens with one attached hydrogen (secondary N) is 1. The van der Waals surface area contributed by atoms with Crippen LogP contribution in [0.25, 0.3) is 11.4 Å². The van der Waals surface area contributed by atoms with Crippen molar-refractivity contribution in [2.75, 3.05) is 18.0 Å². The number of likely N-dealkylation sites (tertiary alicyclic amines) is 1. The van der Waals surface area contributed by atoms with Gasteiger partial charge in [0.05, 0.1) is 0 Å². The fourth-order valence-corrected chi connectivity index (χ4v) is 3.79. The summed E-state index contributed by atoms with van der Waals surface area (Å²) in [6.07, 6.45) is 3.45. The lowest BCUT2D eigenvalue weighted by Gasteiger charge is -2.41. The maximum absolute atomic E-state index is 12.4. The average Bonchev–Trinajstić information content (AvgIpc) is 3.14. The highest BCUT2D eigenvalue weighted by Gasteiger charge is 2.42. The standard InChI is InChI=1S/C18H23N5O4/c1-18(2,3)26-17(25)22-9-12-5-6-13(10-22)23(12)14-7-4-11(8-19-14)15-20-16(24)27-21-15/h4,7-8,12-13H,5-6,9-10H2,1-3H3,(H,20,21,24). The SMILES string of the molecule is CC(C)(C)OC(=O)N1CC2CCC(C1)N2c1ccc(-c2noc(=O)[nH]2)cn1. The van der Waals surface area contributed by atoms with E-state index < -0.39 is 11.4 Å². The zero-order valence-corrected chi connectivity index (χ0v) is 15.6. The summed E-state index contributed by atoms with van der Waals surface area (Å²) in [5, 5.41) is 3.67. The molecule has 27 heavy (non-hydrogen) atoms. The Labute approximate surface area is 156 Å². The van der Waals surface area contributed by atoms with Crippen LogP contribution in [0.3, 0.4) is 0 Å². The monoisotopic (exact) mass is 373 g/mol. The van der Waals surface area contributed by atoms with Crippen molar-refractivity contribution in [1.29, 1.82) is 0 Å². The first kappa shape index (κ1) is 17.6. The molecule has 2 aromatic rings. The number of amides is 1. The van der Waals surface area contributed by atoms with E-state index in [-0.39, 0.29) is 18.2 Å². The molecule has 1 amide bonds. The Morgan fingerprint density at radius 3 is 2.48 bits per heavy atom. The molecule has 4 rings (SSSR count). The molecule has 1 N–H and O–H groups in total. The number of carbonyl (C=O) groups excluding carboxylic acids is 1. The smallest absolute Gasteiger partial charge is 0.439 e. The molecule has 2 bridgehead atoms. The number of anilines is 1. The third-order valence-electron chi connectivity index (χ3n) is 4.86. The highest BCUT2D eigenvalue weighted by molar-refractivity contribution is 5.69. The predicted molar refractivity (Wildman–Crippen MR) is 97.5 cm³/mol. The Kier molecular flexibility index (Phi) is 4.16. The summed E-state index contributed by atoms with van der Waals surface area (Å²) in [5.74, 6) is 0.628. The lowest BCUT2D eigenvalue weighted by molar-refractivity contribution is 0.0209. The maximum Gasteiger partial charge on any atom is 0.439 e. The van der Waals surface area contributed by atoms with Crippen LogP contribution >= 0.6 is 0 Å². The van der Waals surface area contributed by atoms with Crippen molar-refractivity contribution in [3.8, 4) is 11.4 Å². The van der Waals surface area contributed by atoms with E-state index in [0.29, 0.717) is 24.5 Å². The largest absolute Gasteiger partial charge is 0.444 e. The summed E-state index contributed by atoms with van der Waals surface area (Å²) in [6, 6.07) is 4.22. The molecule has 4 heterocycles. The van der Waals surface area contributed by atoms with Gasteiger partial charge in [0.2, 0.25) is 0 Å². The number of rotatable bonds is 2. The Hall–Kier alpha value is -2.84. The zero-order valence-electron chi connectivity index (χ0n) is 15.6. The summed E-state index contributed by atoms with van der Waals surface area (Å²) < 4.78 is 10.0. The number of pyridine rings is 1. The van der Waals surface area contributed by atoms with Gasteiger partial charge in [-0.05, 0) is 45.7 Å². The highest BCUT2D eigenvalue weighted by atomic mass is 16.6. The number of aromatic amines is 1. The lowest BCUT2D eigenvalue weighted by atomic mass is 10.1. The minimum absolute atomic E-state index is 0.224. The quantitative estimate of drug-likeness (QED) is 0.858. The van der Waals surface area contributed by atoms with Crippen LogP contribution in [0.2, 0.25) is 0 Å². The van der Waals surface area contributed by atoms with E-state index in [1.807, 2.05) is 32.9 Å². The van der Waals surface area contributed by atoms with Crippen LogP contribution in [0.1, 0.15) is 33.6 Å². The van der Waals surface area contributed by atoms with Crippen molar-refractivity contribution in [1.82, 2.24) is 20.0 Å². The Bertz CT molecular complexity index is 868. The van der Waals surface area contributed by atoms with Gasteiger partial charge < -0.3 is 14.5 Å². The number of hydrogen-bond acceptors (Lipinski definition) is 7. The molecule has 2 saturated heterocycles. The van der Waals surface area contributed by atoms with Crippen LogP contribution in [0.4, 0.5) is 10.6 Å². The van der Waals surface area contributed by atoms with Crippen molar-refractivity contribution < 1.29 is 14.1 Å². The van der Waals surface area contributed by atoms with Crippen molar-refractivity contribution in [2.24, 2.45) is 0 Å². The Morgan fingerprint density at radius 1 is 1.26 bits per heavy atom. The van der Waals surface area contributed by atoms with Gasteiger partial charge in [-0.1, -0.05) is 5.16 Å². The third-order valence-corrected chi connectivity index (χ3v) is 4.86. The molecule has 9 heteroatoms. The topological polar surface area (TPSA) is 105 Å². The molecule has 2 aliphatic rings. The summed E-state index contributed by atoms with van der Waals surface area (Å²) in [7, 11) is 0. The van der Waals surface area contributed by atoms with Gasteiger partial charge in [0.1, 0.15) is 11.4 Å². The third kappa shape index (κ3) is 3.54. The molecule has 9 nitrogen and oxygen atoms in total. The molecule has 2 fully saturated rings. The second kappa shape index (κ2) is 6.40. The van der Waals surface area contributed by atoms with Crippen LogP contribution in [0.15, 0.2) is 27.6 Å². The second-order valence-electron chi connectivity index (χ2n) is 8.03. The predicted octanol–water partition coefficient (Wildman–Crippen LogP) is 2.01. The second-order valence-corrected chi connectivity index (χ2v) is 8.03. The Balaban J connectivity index is 1.48. The molecule has 2 aliphatic heterocycles. The van der Waals surface area contributed by atoms with E-state index in [9.17, 15) is 9.59 Å². The highest BCUT2D eigenvalue weighted by Crippen LogP contribution is 2.34. The molecule has 0 spiro atoms. The van der Waals surface area contributed by atoms with Gasteiger partial charge in [-0.25, -0.2) is 14.6 Å². The minimum Gasteiger partial charge on any atom is -0.444 e. The average molecular weight is 373 g/mol. The van der Waals surface area contributed by atoms with E-state index in [4.69, 9.17) is 4.74 Å². The summed E-state index contributed by atoms with van der Waals surface area (Å²) in [6.45, 7) is 6.90. The van der Waals surface area contributed by atoms with Crippen molar-refractivity contribution in [2.45, 2.75) is 51.3 Å². The van der Waals surface area contributed by atoms with Crippen molar-refractivity contribution in [3.63, 3.8) is 0 Å². The van der Waals surface area contributed by atoms with E-state index >= 15 is 0 Å². The number of hydrogen-bond donors (Lipinski definition) is 1.